The lowest BCUT2D eigenvalue weighted by molar-refractivity contribution is 0.339. The highest BCUT2D eigenvalue weighted by molar-refractivity contribution is 8.00. The Bertz CT molecular complexity index is 347. The summed E-state index contributed by atoms with van der Waals surface area (Å²) in [5.41, 5.74) is 0. The van der Waals surface area contributed by atoms with Gasteiger partial charge in [-0.3, -0.25) is 0 Å². The van der Waals surface area contributed by atoms with Crippen molar-refractivity contribution in [2.45, 2.75) is 51.3 Å². The van der Waals surface area contributed by atoms with Gasteiger partial charge in [-0.1, -0.05) is 13.8 Å². The summed E-state index contributed by atoms with van der Waals surface area (Å²) in [7, 11) is -3.07. The molecule has 4 nitrogen and oxygen atoms in total. The number of rotatable bonds is 8. The second kappa shape index (κ2) is 8.49. The third-order valence-electron chi connectivity index (χ3n) is 3.62. The smallest absolute Gasteiger partial charge is 0.214 e. The van der Waals surface area contributed by atoms with Gasteiger partial charge in [-0.25, -0.2) is 8.42 Å². The highest BCUT2D eigenvalue weighted by Crippen LogP contribution is 2.26. The largest absolute Gasteiger partial charge is 0.317 e. The molecular weight excluding hydrogens is 280 g/mol. The predicted molar refractivity (Wildman–Crippen MR) is 84.3 cm³/mol. The second-order valence-corrected chi connectivity index (χ2v) is 8.73. The van der Waals surface area contributed by atoms with Crippen molar-refractivity contribution in [2.75, 3.05) is 31.1 Å². The van der Waals surface area contributed by atoms with Crippen LogP contribution in [0.15, 0.2) is 0 Å². The van der Waals surface area contributed by atoms with E-state index in [0.717, 1.165) is 38.1 Å². The van der Waals surface area contributed by atoms with Gasteiger partial charge in [-0.15, -0.1) is 0 Å². The van der Waals surface area contributed by atoms with E-state index in [1.807, 2.05) is 18.7 Å². The number of nitrogens with zero attached hydrogens (tertiary/aromatic N) is 1. The van der Waals surface area contributed by atoms with Crippen LogP contribution in [0, 0.1) is 0 Å². The summed E-state index contributed by atoms with van der Waals surface area (Å²) in [5.74, 6) is 1.21. The van der Waals surface area contributed by atoms with Crippen LogP contribution in [0.1, 0.15) is 40.0 Å². The molecular formula is C13H28N2O2S2. The fraction of sp³-hybridized carbons (Fsp3) is 1.00. The lowest BCUT2D eigenvalue weighted by Crippen LogP contribution is -2.48. The zero-order valence-corrected chi connectivity index (χ0v) is 14.0. The Balaban J connectivity index is 2.34. The van der Waals surface area contributed by atoms with Gasteiger partial charge in [0.25, 0.3) is 0 Å². The maximum absolute atomic E-state index is 12.3. The lowest BCUT2D eigenvalue weighted by Gasteiger charge is -2.36. The molecule has 0 aliphatic carbocycles. The molecule has 0 saturated carbocycles. The van der Waals surface area contributed by atoms with E-state index in [0.29, 0.717) is 17.5 Å². The number of nitrogens with one attached hydrogen (secondary N) is 1. The highest BCUT2D eigenvalue weighted by atomic mass is 32.2. The molecule has 1 saturated heterocycles. The van der Waals surface area contributed by atoms with Crippen LogP contribution >= 0.6 is 11.8 Å². The molecule has 0 spiro atoms. The van der Waals surface area contributed by atoms with Gasteiger partial charge in [0.2, 0.25) is 10.0 Å². The third kappa shape index (κ3) is 5.61. The van der Waals surface area contributed by atoms with Crippen molar-refractivity contribution in [3.63, 3.8) is 0 Å². The molecule has 0 radical (unpaired) electrons. The standard InChI is InChI=1S/C13H28N2O2S2/c1-4-7-14-8-5-6-11-19(16,17)15-9-10-18-13(3)12(15)2/h12-14H,4-11H2,1-3H3. The number of hydrogen-bond acceptors (Lipinski definition) is 4. The maximum Gasteiger partial charge on any atom is 0.214 e. The molecule has 0 aromatic rings. The van der Waals surface area contributed by atoms with Crippen molar-refractivity contribution in [3.05, 3.63) is 0 Å². The van der Waals surface area contributed by atoms with Crippen molar-refractivity contribution in [1.29, 1.82) is 0 Å². The van der Waals surface area contributed by atoms with E-state index in [2.05, 4.69) is 19.2 Å². The van der Waals surface area contributed by atoms with E-state index in [4.69, 9.17) is 0 Å². The molecule has 0 aromatic heterocycles. The minimum absolute atomic E-state index is 0.127. The van der Waals surface area contributed by atoms with Gasteiger partial charge in [-0.05, 0) is 39.3 Å². The first-order chi connectivity index (χ1) is 8.99. The van der Waals surface area contributed by atoms with Crippen LogP contribution in [0.4, 0.5) is 0 Å². The number of unbranched alkanes of at least 4 members (excludes halogenated alkanes) is 1. The average Bonchev–Trinajstić information content (AvgIpc) is 2.36. The Kier molecular flexibility index (Phi) is 7.72. The molecule has 2 unspecified atom stereocenters. The molecule has 0 aromatic carbocycles. The third-order valence-corrected chi connectivity index (χ3v) is 6.99. The van der Waals surface area contributed by atoms with E-state index < -0.39 is 10.0 Å². The highest BCUT2D eigenvalue weighted by Gasteiger charge is 2.33. The summed E-state index contributed by atoms with van der Waals surface area (Å²) in [6.45, 7) is 8.89. The molecule has 1 aliphatic rings. The molecule has 6 heteroatoms. The summed E-state index contributed by atoms with van der Waals surface area (Å²) < 4.78 is 26.4. The molecule has 1 rings (SSSR count). The molecule has 114 valence electrons. The first kappa shape index (κ1) is 17.3. The Morgan fingerprint density at radius 2 is 2.00 bits per heavy atom. The van der Waals surface area contributed by atoms with Crippen molar-refractivity contribution < 1.29 is 8.42 Å². The summed E-state index contributed by atoms with van der Waals surface area (Å²) in [6, 6.07) is 0.127. The van der Waals surface area contributed by atoms with Gasteiger partial charge >= 0.3 is 0 Å². The molecule has 0 amide bonds. The lowest BCUT2D eigenvalue weighted by atomic mass is 10.2. The number of thioether (sulfide) groups is 1. The van der Waals surface area contributed by atoms with Gasteiger partial charge in [-0.2, -0.15) is 16.1 Å². The fourth-order valence-corrected chi connectivity index (χ4v) is 5.41. The quantitative estimate of drug-likeness (QED) is 0.696. The van der Waals surface area contributed by atoms with Crippen LogP contribution in [0.2, 0.25) is 0 Å². The minimum atomic E-state index is -3.07. The molecule has 0 bridgehead atoms. The number of sulfonamides is 1. The van der Waals surface area contributed by atoms with Crippen LogP contribution in [0.3, 0.4) is 0 Å². The van der Waals surface area contributed by atoms with E-state index in [1.54, 1.807) is 4.31 Å². The summed E-state index contributed by atoms with van der Waals surface area (Å²) >= 11 is 1.87. The van der Waals surface area contributed by atoms with Gasteiger partial charge in [0, 0.05) is 23.6 Å². The van der Waals surface area contributed by atoms with Crippen molar-refractivity contribution in [1.82, 2.24) is 9.62 Å². The van der Waals surface area contributed by atoms with E-state index in [-0.39, 0.29) is 6.04 Å². The predicted octanol–water partition coefficient (Wildman–Crippen LogP) is 1.92. The topological polar surface area (TPSA) is 49.4 Å². The summed E-state index contributed by atoms with van der Waals surface area (Å²) in [6.07, 6.45) is 2.81. The van der Waals surface area contributed by atoms with E-state index >= 15 is 0 Å². The van der Waals surface area contributed by atoms with Crippen LogP contribution in [0.25, 0.3) is 0 Å². The van der Waals surface area contributed by atoms with Gasteiger partial charge in [0.05, 0.1) is 5.75 Å². The normalized spacial score (nSPS) is 25.6. The molecule has 1 N–H and O–H groups in total. The summed E-state index contributed by atoms with van der Waals surface area (Å²) in [4.78, 5) is 0. The SMILES string of the molecule is CCCNCCCCS(=O)(=O)N1CCSC(C)C1C. The maximum atomic E-state index is 12.3. The summed E-state index contributed by atoms with van der Waals surface area (Å²) in [5, 5.41) is 3.70. The van der Waals surface area contributed by atoms with Crippen LogP contribution in [-0.2, 0) is 10.0 Å². The van der Waals surface area contributed by atoms with Crippen LogP contribution < -0.4 is 5.32 Å². The van der Waals surface area contributed by atoms with E-state index in [9.17, 15) is 8.42 Å². The van der Waals surface area contributed by atoms with Crippen molar-refractivity contribution in [3.8, 4) is 0 Å². The number of hydrogen-bond donors (Lipinski definition) is 1. The zero-order chi connectivity index (χ0) is 14.3. The van der Waals surface area contributed by atoms with Crippen LogP contribution in [-0.4, -0.2) is 55.2 Å². The minimum Gasteiger partial charge on any atom is -0.317 e. The van der Waals surface area contributed by atoms with Gasteiger partial charge in [0.15, 0.2) is 0 Å². The van der Waals surface area contributed by atoms with Gasteiger partial charge in [0.1, 0.15) is 0 Å². The molecule has 19 heavy (non-hydrogen) atoms. The Morgan fingerprint density at radius 1 is 1.26 bits per heavy atom. The Labute approximate surface area is 122 Å². The first-order valence-corrected chi connectivity index (χ1v) is 9.96. The monoisotopic (exact) mass is 308 g/mol. The Morgan fingerprint density at radius 3 is 2.68 bits per heavy atom. The zero-order valence-electron chi connectivity index (χ0n) is 12.4. The van der Waals surface area contributed by atoms with Crippen molar-refractivity contribution >= 4 is 21.8 Å². The molecule has 2 atom stereocenters. The van der Waals surface area contributed by atoms with Crippen molar-refractivity contribution in [2.24, 2.45) is 0 Å². The van der Waals surface area contributed by atoms with E-state index in [1.165, 1.54) is 0 Å². The van der Waals surface area contributed by atoms with Crippen LogP contribution in [0.5, 0.6) is 0 Å². The molecule has 1 fully saturated rings. The fourth-order valence-electron chi connectivity index (χ4n) is 2.25. The Hall–Kier alpha value is 0.220. The second-order valence-electron chi connectivity index (χ2n) is 5.20. The first-order valence-electron chi connectivity index (χ1n) is 7.31. The molecule has 1 aliphatic heterocycles. The average molecular weight is 309 g/mol. The molecule has 1 heterocycles. The van der Waals surface area contributed by atoms with Gasteiger partial charge < -0.3 is 5.32 Å².